The van der Waals surface area contributed by atoms with Crippen molar-refractivity contribution < 1.29 is 9.59 Å². The summed E-state index contributed by atoms with van der Waals surface area (Å²) >= 11 is 0. The molecule has 0 aromatic heterocycles. The number of carbonyl (C=O) groups is 2. The molecule has 0 aromatic rings. The van der Waals surface area contributed by atoms with Gasteiger partial charge in [0.15, 0.2) is 0 Å². The number of nitrogens with one attached hydrogen (secondary N) is 2. The summed E-state index contributed by atoms with van der Waals surface area (Å²) in [6, 6.07) is 0. The molecule has 18 heavy (non-hydrogen) atoms. The van der Waals surface area contributed by atoms with Crippen molar-refractivity contribution in [3.63, 3.8) is 0 Å². The molecule has 0 unspecified atom stereocenters. The normalized spacial score (nSPS) is 12.1. The number of carbonyl (C=O) groups excluding carboxylic acids is 2. The minimum atomic E-state index is -0.369. The van der Waals surface area contributed by atoms with E-state index in [0.717, 1.165) is 6.42 Å². The monoisotopic (exact) mass is 256 g/mol. The Balaban J connectivity index is 3.80. The summed E-state index contributed by atoms with van der Waals surface area (Å²) in [6.07, 6.45) is 2.03. The highest BCUT2D eigenvalue weighted by Gasteiger charge is 2.20. The molecule has 0 rings (SSSR count). The zero-order valence-corrected chi connectivity index (χ0v) is 12.6. The van der Waals surface area contributed by atoms with E-state index in [0.29, 0.717) is 19.4 Å². The quantitative estimate of drug-likeness (QED) is 0.716. The van der Waals surface area contributed by atoms with Gasteiger partial charge in [-0.3, -0.25) is 9.59 Å². The highest BCUT2D eigenvalue weighted by molar-refractivity contribution is 5.81. The fourth-order valence-corrected chi connectivity index (χ4v) is 1.24. The molecule has 0 heterocycles. The molecular weight excluding hydrogens is 228 g/mol. The molecule has 0 aliphatic rings. The molecular formula is C14H28N2O2. The maximum atomic E-state index is 11.6. The van der Waals surface area contributed by atoms with E-state index in [1.54, 1.807) is 0 Å². The number of amides is 2. The maximum absolute atomic E-state index is 11.6. The van der Waals surface area contributed by atoms with Crippen LogP contribution >= 0.6 is 0 Å². The second kappa shape index (κ2) is 6.76. The fourth-order valence-electron chi connectivity index (χ4n) is 1.24. The van der Waals surface area contributed by atoms with Gasteiger partial charge in [0, 0.05) is 23.9 Å². The van der Waals surface area contributed by atoms with Crippen LogP contribution in [0.2, 0.25) is 0 Å². The molecule has 106 valence electrons. The van der Waals surface area contributed by atoms with Gasteiger partial charge < -0.3 is 10.6 Å². The van der Waals surface area contributed by atoms with Gasteiger partial charge in [-0.25, -0.2) is 0 Å². The van der Waals surface area contributed by atoms with Crippen molar-refractivity contribution in [2.24, 2.45) is 5.41 Å². The fraction of sp³-hybridized carbons (Fsp3) is 0.857. The first-order valence-electron chi connectivity index (χ1n) is 6.68. The standard InChI is InChI=1S/C14H28N2O2/c1-7-14(5,6)16-11(17)9-8-10-15-12(18)13(2,3)4/h7-10H2,1-6H3,(H,15,18)(H,16,17). The Morgan fingerprint density at radius 2 is 1.61 bits per heavy atom. The molecule has 0 atom stereocenters. The largest absolute Gasteiger partial charge is 0.356 e. The lowest BCUT2D eigenvalue weighted by atomic mass is 9.96. The summed E-state index contributed by atoms with van der Waals surface area (Å²) in [5.41, 5.74) is -0.516. The first kappa shape index (κ1) is 16.9. The Morgan fingerprint density at radius 1 is 1.06 bits per heavy atom. The van der Waals surface area contributed by atoms with Crippen molar-refractivity contribution in [3.05, 3.63) is 0 Å². The van der Waals surface area contributed by atoms with Gasteiger partial charge in [0.05, 0.1) is 0 Å². The van der Waals surface area contributed by atoms with Crippen LogP contribution in [0, 0.1) is 5.41 Å². The Hall–Kier alpha value is -1.06. The zero-order valence-electron chi connectivity index (χ0n) is 12.6. The van der Waals surface area contributed by atoms with Crippen molar-refractivity contribution in [2.75, 3.05) is 6.54 Å². The van der Waals surface area contributed by atoms with Crippen LogP contribution in [0.1, 0.15) is 60.8 Å². The molecule has 0 fully saturated rings. The molecule has 2 amide bonds. The van der Waals surface area contributed by atoms with Crippen LogP contribution in [0.5, 0.6) is 0 Å². The van der Waals surface area contributed by atoms with Gasteiger partial charge in [-0.15, -0.1) is 0 Å². The number of hydrogen-bond acceptors (Lipinski definition) is 2. The predicted molar refractivity (Wildman–Crippen MR) is 74.2 cm³/mol. The van der Waals surface area contributed by atoms with Crippen LogP contribution in [0.4, 0.5) is 0 Å². The molecule has 0 saturated carbocycles. The van der Waals surface area contributed by atoms with Crippen LogP contribution in [0.15, 0.2) is 0 Å². The van der Waals surface area contributed by atoms with Crippen LogP contribution in [0.3, 0.4) is 0 Å². The molecule has 0 spiro atoms. The highest BCUT2D eigenvalue weighted by atomic mass is 16.2. The van der Waals surface area contributed by atoms with E-state index >= 15 is 0 Å². The van der Waals surface area contributed by atoms with E-state index in [-0.39, 0.29) is 22.8 Å². The van der Waals surface area contributed by atoms with E-state index in [2.05, 4.69) is 10.6 Å². The van der Waals surface area contributed by atoms with Gasteiger partial charge in [0.25, 0.3) is 0 Å². The Morgan fingerprint density at radius 3 is 2.06 bits per heavy atom. The van der Waals surface area contributed by atoms with Crippen LogP contribution in [0.25, 0.3) is 0 Å². The third-order valence-electron chi connectivity index (χ3n) is 2.91. The smallest absolute Gasteiger partial charge is 0.225 e. The van der Waals surface area contributed by atoms with E-state index in [4.69, 9.17) is 0 Å². The number of rotatable bonds is 6. The molecule has 0 aliphatic heterocycles. The average Bonchev–Trinajstić information content (AvgIpc) is 2.22. The number of hydrogen-bond donors (Lipinski definition) is 2. The lowest BCUT2D eigenvalue weighted by Crippen LogP contribution is -2.43. The molecule has 2 N–H and O–H groups in total. The molecule has 0 aliphatic carbocycles. The van der Waals surface area contributed by atoms with Gasteiger partial charge in [0.1, 0.15) is 0 Å². The minimum Gasteiger partial charge on any atom is -0.356 e. The van der Waals surface area contributed by atoms with Crippen LogP contribution in [-0.2, 0) is 9.59 Å². The van der Waals surface area contributed by atoms with Crippen molar-refractivity contribution in [3.8, 4) is 0 Å². The molecule has 0 radical (unpaired) electrons. The zero-order chi connectivity index (χ0) is 14.4. The van der Waals surface area contributed by atoms with Gasteiger partial charge in [-0.05, 0) is 26.7 Å². The van der Waals surface area contributed by atoms with Crippen LogP contribution < -0.4 is 10.6 Å². The lowest BCUT2D eigenvalue weighted by Gasteiger charge is -2.24. The molecule has 4 nitrogen and oxygen atoms in total. The highest BCUT2D eigenvalue weighted by Crippen LogP contribution is 2.12. The summed E-state index contributed by atoms with van der Waals surface area (Å²) < 4.78 is 0. The Labute approximate surface area is 111 Å². The van der Waals surface area contributed by atoms with E-state index in [1.807, 2.05) is 41.5 Å². The summed E-state index contributed by atoms with van der Waals surface area (Å²) in [7, 11) is 0. The molecule has 4 heteroatoms. The van der Waals surface area contributed by atoms with Gasteiger partial charge in [-0.1, -0.05) is 27.7 Å². The van der Waals surface area contributed by atoms with Crippen molar-refractivity contribution in [1.82, 2.24) is 10.6 Å². The molecule has 0 bridgehead atoms. The van der Waals surface area contributed by atoms with Crippen molar-refractivity contribution in [1.29, 1.82) is 0 Å². The van der Waals surface area contributed by atoms with E-state index in [1.165, 1.54) is 0 Å². The first-order valence-corrected chi connectivity index (χ1v) is 6.68. The maximum Gasteiger partial charge on any atom is 0.225 e. The molecule has 0 saturated heterocycles. The third-order valence-corrected chi connectivity index (χ3v) is 2.91. The van der Waals surface area contributed by atoms with E-state index in [9.17, 15) is 9.59 Å². The van der Waals surface area contributed by atoms with Crippen LogP contribution in [-0.4, -0.2) is 23.9 Å². The second-order valence-corrected chi connectivity index (χ2v) is 6.40. The Kier molecular flexibility index (Phi) is 6.36. The third kappa shape index (κ3) is 7.30. The first-order chi connectivity index (χ1) is 8.08. The summed E-state index contributed by atoms with van der Waals surface area (Å²) in [5.74, 6) is 0.0728. The topological polar surface area (TPSA) is 58.2 Å². The second-order valence-electron chi connectivity index (χ2n) is 6.40. The van der Waals surface area contributed by atoms with Crippen molar-refractivity contribution in [2.45, 2.75) is 66.3 Å². The SMILES string of the molecule is CCC(C)(C)NC(=O)CCCNC(=O)C(C)(C)C. The van der Waals surface area contributed by atoms with Gasteiger partial charge in [0.2, 0.25) is 11.8 Å². The molecule has 0 aromatic carbocycles. The van der Waals surface area contributed by atoms with Crippen molar-refractivity contribution >= 4 is 11.8 Å². The summed E-state index contributed by atoms with van der Waals surface area (Å²) in [5, 5.41) is 5.81. The average molecular weight is 256 g/mol. The van der Waals surface area contributed by atoms with Gasteiger partial charge >= 0.3 is 0 Å². The summed E-state index contributed by atoms with van der Waals surface area (Å²) in [4.78, 5) is 23.2. The van der Waals surface area contributed by atoms with E-state index < -0.39 is 0 Å². The summed E-state index contributed by atoms with van der Waals surface area (Å²) in [6.45, 7) is 12.2. The predicted octanol–water partition coefficient (Wildman–Crippen LogP) is 2.23. The minimum absolute atomic E-state index is 0.0248. The Bertz CT molecular complexity index is 291. The lowest BCUT2D eigenvalue weighted by molar-refractivity contribution is -0.129. The van der Waals surface area contributed by atoms with Gasteiger partial charge in [-0.2, -0.15) is 0 Å².